The van der Waals surface area contributed by atoms with Gasteiger partial charge in [-0.2, -0.15) is 5.10 Å². The van der Waals surface area contributed by atoms with E-state index < -0.39 is 5.60 Å². The summed E-state index contributed by atoms with van der Waals surface area (Å²) in [6.07, 6.45) is 5.46. The first-order valence-corrected chi connectivity index (χ1v) is 8.34. The topological polar surface area (TPSA) is 107 Å². The lowest BCUT2D eigenvalue weighted by atomic mass is 9.92. The van der Waals surface area contributed by atoms with Crippen molar-refractivity contribution in [3.05, 3.63) is 36.0 Å². The van der Waals surface area contributed by atoms with Crippen LogP contribution in [-0.4, -0.2) is 56.4 Å². The Morgan fingerprint density at radius 1 is 1.44 bits per heavy atom. The lowest BCUT2D eigenvalue weighted by molar-refractivity contribution is 0.0574. The third kappa shape index (κ3) is 3.96. The zero-order valence-electron chi connectivity index (χ0n) is 14.8. The maximum atomic E-state index is 12.3. The lowest BCUT2D eigenvalue weighted by Gasteiger charge is -2.23. The second-order valence-corrected chi connectivity index (χ2v) is 7.56. The van der Waals surface area contributed by atoms with Gasteiger partial charge in [-0.1, -0.05) is 20.8 Å². The molecule has 2 aromatic rings. The average molecular weight is 344 g/mol. The van der Waals surface area contributed by atoms with Crippen LogP contribution in [0.1, 0.15) is 43.4 Å². The highest BCUT2D eigenvalue weighted by Gasteiger charge is 2.37. The summed E-state index contributed by atoms with van der Waals surface area (Å²) in [7, 11) is 0. The number of nitrogens with one attached hydrogen (secondary N) is 2. The monoisotopic (exact) mass is 344 g/mol. The Hall–Kier alpha value is -2.48. The molecule has 0 unspecified atom stereocenters. The van der Waals surface area contributed by atoms with E-state index in [1.165, 1.54) is 0 Å². The minimum Gasteiger partial charge on any atom is -0.386 e. The van der Waals surface area contributed by atoms with Crippen molar-refractivity contribution in [2.75, 3.05) is 24.5 Å². The molecule has 1 aliphatic rings. The quantitative estimate of drug-likeness (QED) is 0.760. The Morgan fingerprint density at radius 2 is 2.24 bits per heavy atom. The van der Waals surface area contributed by atoms with Crippen molar-refractivity contribution in [1.29, 1.82) is 0 Å². The van der Waals surface area contributed by atoms with Crippen LogP contribution in [0.25, 0.3) is 0 Å². The molecule has 1 saturated heterocycles. The van der Waals surface area contributed by atoms with E-state index in [1.807, 2.05) is 25.7 Å². The molecule has 0 radical (unpaired) electrons. The predicted molar refractivity (Wildman–Crippen MR) is 93.4 cm³/mol. The van der Waals surface area contributed by atoms with E-state index in [2.05, 4.69) is 25.5 Å². The maximum absolute atomic E-state index is 12.3. The molecule has 1 aliphatic heterocycles. The molecular weight excluding hydrogens is 320 g/mol. The highest BCUT2D eigenvalue weighted by atomic mass is 16.3. The van der Waals surface area contributed by atoms with E-state index in [4.69, 9.17) is 0 Å². The van der Waals surface area contributed by atoms with E-state index >= 15 is 0 Å². The molecular formula is C17H24N6O2. The number of aromatic nitrogens is 4. The van der Waals surface area contributed by atoms with Crippen LogP contribution in [0.5, 0.6) is 0 Å². The number of aliphatic hydroxyl groups is 1. The molecule has 1 amide bonds. The van der Waals surface area contributed by atoms with Crippen LogP contribution >= 0.6 is 0 Å². The van der Waals surface area contributed by atoms with Crippen molar-refractivity contribution in [1.82, 2.24) is 25.5 Å². The summed E-state index contributed by atoms with van der Waals surface area (Å²) in [4.78, 5) is 22.5. The van der Waals surface area contributed by atoms with E-state index in [1.54, 1.807) is 24.7 Å². The van der Waals surface area contributed by atoms with Gasteiger partial charge in [-0.05, 0) is 12.5 Å². The second kappa shape index (κ2) is 6.44. The van der Waals surface area contributed by atoms with Crippen molar-refractivity contribution in [2.24, 2.45) is 0 Å². The largest absolute Gasteiger partial charge is 0.386 e. The number of H-pyrrole nitrogens is 1. The minimum absolute atomic E-state index is 0.105. The molecule has 134 valence electrons. The zero-order valence-corrected chi connectivity index (χ0v) is 14.8. The molecule has 1 atom stereocenters. The minimum atomic E-state index is -0.990. The molecule has 1 fully saturated rings. The number of hydrogen-bond donors (Lipinski definition) is 3. The fourth-order valence-corrected chi connectivity index (χ4v) is 2.81. The molecule has 3 N–H and O–H groups in total. The highest BCUT2D eigenvalue weighted by Crippen LogP contribution is 2.24. The van der Waals surface area contributed by atoms with Gasteiger partial charge in [0.05, 0.1) is 6.20 Å². The van der Waals surface area contributed by atoms with Crippen LogP contribution in [0, 0.1) is 0 Å². The summed E-state index contributed by atoms with van der Waals surface area (Å²) in [6.45, 7) is 7.38. The van der Waals surface area contributed by atoms with Crippen LogP contribution in [0.4, 0.5) is 5.82 Å². The molecule has 8 nitrogen and oxygen atoms in total. The van der Waals surface area contributed by atoms with Gasteiger partial charge >= 0.3 is 0 Å². The number of hydrogen-bond acceptors (Lipinski definition) is 6. The average Bonchev–Trinajstić information content (AvgIpc) is 3.21. The van der Waals surface area contributed by atoms with Crippen LogP contribution in [-0.2, 0) is 5.41 Å². The number of anilines is 1. The van der Waals surface area contributed by atoms with Crippen LogP contribution < -0.4 is 10.2 Å². The standard InChI is InChI=1S/C17H24N6O2/c1-16(2,3)13-8-12(21-22-13)15(24)20-10-17(25)4-7-23(11-17)14-9-18-5-6-19-14/h5-6,8-9,25H,4,7,10-11H2,1-3H3,(H,20,24)(H,21,22)/t17-/m1/s1. The molecule has 0 spiro atoms. The summed E-state index contributed by atoms with van der Waals surface area (Å²) in [6, 6.07) is 1.75. The van der Waals surface area contributed by atoms with Crippen molar-refractivity contribution in [3.8, 4) is 0 Å². The van der Waals surface area contributed by atoms with Gasteiger partial charge in [0.15, 0.2) is 0 Å². The smallest absolute Gasteiger partial charge is 0.271 e. The van der Waals surface area contributed by atoms with E-state index in [-0.39, 0.29) is 17.9 Å². The first-order chi connectivity index (χ1) is 11.8. The number of nitrogens with zero attached hydrogens (tertiary/aromatic N) is 4. The summed E-state index contributed by atoms with van der Waals surface area (Å²) in [5.74, 6) is 0.435. The molecule has 0 saturated carbocycles. The Bertz CT molecular complexity index is 739. The molecule has 0 aromatic carbocycles. The maximum Gasteiger partial charge on any atom is 0.271 e. The summed E-state index contributed by atoms with van der Waals surface area (Å²) in [5.41, 5.74) is 0.131. The van der Waals surface area contributed by atoms with Crippen molar-refractivity contribution >= 4 is 11.7 Å². The number of rotatable bonds is 4. The Labute approximate surface area is 146 Å². The van der Waals surface area contributed by atoms with Gasteiger partial charge in [-0.25, -0.2) is 4.98 Å². The van der Waals surface area contributed by atoms with Gasteiger partial charge in [0.2, 0.25) is 0 Å². The molecule has 0 aliphatic carbocycles. The van der Waals surface area contributed by atoms with Gasteiger partial charge in [0.25, 0.3) is 5.91 Å². The van der Waals surface area contributed by atoms with Gasteiger partial charge in [-0.15, -0.1) is 0 Å². The fourth-order valence-electron chi connectivity index (χ4n) is 2.81. The third-order valence-corrected chi connectivity index (χ3v) is 4.40. The van der Waals surface area contributed by atoms with Gasteiger partial charge in [-0.3, -0.25) is 14.9 Å². The Morgan fingerprint density at radius 3 is 2.88 bits per heavy atom. The summed E-state index contributed by atoms with van der Waals surface area (Å²) < 4.78 is 0. The summed E-state index contributed by atoms with van der Waals surface area (Å²) >= 11 is 0. The van der Waals surface area contributed by atoms with Crippen molar-refractivity contribution in [2.45, 2.75) is 38.2 Å². The molecule has 0 bridgehead atoms. The molecule has 25 heavy (non-hydrogen) atoms. The van der Waals surface area contributed by atoms with Crippen molar-refractivity contribution < 1.29 is 9.90 Å². The number of carbonyl (C=O) groups excluding carboxylic acids is 1. The molecule has 3 rings (SSSR count). The SMILES string of the molecule is CC(C)(C)c1cc(C(=O)NC[C@]2(O)CCN(c3cnccn3)C2)n[nH]1. The number of aromatic amines is 1. The first-order valence-electron chi connectivity index (χ1n) is 8.34. The lowest BCUT2D eigenvalue weighted by Crippen LogP contribution is -2.45. The number of carbonyl (C=O) groups is 1. The van der Waals surface area contributed by atoms with Crippen molar-refractivity contribution in [3.63, 3.8) is 0 Å². The second-order valence-electron chi connectivity index (χ2n) is 7.56. The molecule has 2 aromatic heterocycles. The predicted octanol–water partition coefficient (Wildman–Crippen LogP) is 0.868. The van der Waals surface area contributed by atoms with Gasteiger partial charge in [0.1, 0.15) is 17.1 Å². The van der Waals surface area contributed by atoms with Crippen LogP contribution in [0.15, 0.2) is 24.7 Å². The highest BCUT2D eigenvalue weighted by molar-refractivity contribution is 5.92. The Kier molecular flexibility index (Phi) is 4.47. The fraction of sp³-hybridized carbons (Fsp3) is 0.529. The molecule has 8 heteroatoms. The number of amides is 1. The zero-order chi connectivity index (χ0) is 18.1. The van der Waals surface area contributed by atoms with Crippen LogP contribution in [0.3, 0.4) is 0 Å². The Balaban J connectivity index is 1.58. The van der Waals surface area contributed by atoms with Crippen LogP contribution in [0.2, 0.25) is 0 Å². The summed E-state index contributed by atoms with van der Waals surface area (Å²) in [5, 5.41) is 20.5. The first kappa shape index (κ1) is 17.3. The molecule has 3 heterocycles. The third-order valence-electron chi connectivity index (χ3n) is 4.40. The number of β-amino-alcohol motifs (C(OH)–C–C–N with tert-alkyl or cyclic N) is 1. The normalized spacial score (nSPS) is 20.7. The van der Waals surface area contributed by atoms with Gasteiger partial charge in [0, 0.05) is 43.1 Å². The van der Waals surface area contributed by atoms with E-state index in [0.29, 0.717) is 25.2 Å². The van der Waals surface area contributed by atoms with E-state index in [0.717, 1.165) is 11.5 Å². The van der Waals surface area contributed by atoms with E-state index in [9.17, 15) is 9.90 Å². The van der Waals surface area contributed by atoms with Gasteiger partial charge < -0.3 is 15.3 Å².